The molecule has 0 spiro atoms. The maximum Gasteiger partial charge on any atom is 0.235 e. The van der Waals surface area contributed by atoms with Gasteiger partial charge in [0.25, 0.3) is 0 Å². The third-order valence-corrected chi connectivity index (χ3v) is 15.9. The Hall–Kier alpha value is -9.62. The molecule has 0 aliphatic carbocycles. The van der Waals surface area contributed by atoms with Gasteiger partial charge in [-0.25, -0.2) is 9.97 Å². The molecule has 346 valence electrons. The van der Waals surface area contributed by atoms with Crippen molar-refractivity contribution in [3.05, 3.63) is 261 Å². The van der Waals surface area contributed by atoms with Gasteiger partial charge in [-0.1, -0.05) is 182 Å². The smallest absolute Gasteiger partial charge is 0.235 e. The lowest BCUT2D eigenvalue weighted by Gasteiger charge is -2.25. The van der Waals surface area contributed by atoms with Gasteiger partial charge in [0.2, 0.25) is 5.95 Å². The molecule has 0 amide bonds. The number of thiophene rings is 1. The Morgan fingerprint density at radius 3 is 1.70 bits per heavy atom. The first-order valence-corrected chi connectivity index (χ1v) is 25.9. The fourth-order valence-electron chi connectivity index (χ4n) is 11.4. The molecule has 0 saturated heterocycles. The minimum Gasteiger partial charge on any atom is -0.311 e. The molecule has 4 aromatic heterocycles. The van der Waals surface area contributed by atoms with Crippen LogP contribution in [0.5, 0.6) is 0 Å². The Labute approximate surface area is 430 Å². The molecule has 5 nitrogen and oxygen atoms in total. The number of anilines is 3. The summed E-state index contributed by atoms with van der Waals surface area (Å²) in [5, 5.41) is 9.56. The first-order valence-electron chi connectivity index (χ1n) is 25.1. The summed E-state index contributed by atoms with van der Waals surface area (Å²) in [4.78, 5) is 14.7. The van der Waals surface area contributed by atoms with Gasteiger partial charge in [0.1, 0.15) is 0 Å². The SMILES string of the molecule is c1ccc(-c2cc3nc(-n4c5ccc(-c6cccc7c6c6c8ccccc8ccc6n7-c6ccccc6)cc5c5ccc6ccccc6c54)nc(-c4ccc(N(c5ccccc5)c5ccccc5)cc4)c3s2)cc1. The van der Waals surface area contributed by atoms with Crippen molar-refractivity contribution in [3.8, 4) is 44.5 Å². The van der Waals surface area contributed by atoms with Gasteiger partial charge in [0.05, 0.1) is 38.0 Å². The van der Waals surface area contributed by atoms with Gasteiger partial charge in [-0.15, -0.1) is 11.3 Å². The van der Waals surface area contributed by atoms with Gasteiger partial charge in [-0.2, -0.15) is 0 Å². The second-order valence-corrected chi connectivity index (χ2v) is 20.0. The van der Waals surface area contributed by atoms with E-state index >= 15 is 0 Å². The van der Waals surface area contributed by atoms with Crippen LogP contribution in [0.4, 0.5) is 17.1 Å². The zero-order valence-corrected chi connectivity index (χ0v) is 40.8. The molecule has 15 aromatic rings. The zero-order valence-electron chi connectivity index (χ0n) is 40.0. The number of aromatic nitrogens is 4. The molecular weight excluding hydrogens is 919 g/mol. The van der Waals surface area contributed by atoms with Crippen molar-refractivity contribution in [2.24, 2.45) is 0 Å². The summed E-state index contributed by atoms with van der Waals surface area (Å²) in [6.45, 7) is 0. The zero-order chi connectivity index (χ0) is 48.7. The maximum atomic E-state index is 5.68. The number of rotatable bonds is 8. The molecule has 0 aliphatic heterocycles. The molecule has 0 unspecified atom stereocenters. The van der Waals surface area contributed by atoms with E-state index in [1.54, 1.807) is 11.3 Å². The molecule has 0 saturated carbocycles. The van der Waals surface area contributed by atoms with Crippen molar-refractivity contribution in [1.29, 1.82) is 0 Å². The monoisotopic (exact) mass is 961 g/mol. The summed E-state index contributed by atoms with van der Waals surface area (Å²) >= 11 is 1.75. The highest BCUT2D eigenvalue weighted by Gasteiger charge is 2.24. The van der Waals surface area contributed by atoms with Crippen molar-refractivity contribution in [2.45, 2.75) is 0 Å². The molecule has 74 heavy (non-hydrogen) atoms. The van der Waals surface area contributed by atoms with E-state index in [4.69, 9.17) is 9.97 Å². The molecule has 0 bridgehead atoms. The normalized spacial score (nSPS) is 11.8. The second-order valence-electron chi connectivity index (χ2n) is 18.9. The minimum absolute atomic E-state index is 0.632. The minimum atomic E-state index is 0.632. The number of nitrogens with zero attached hydrogens (tertiary/aromatic N) is 5. The molecule has 0 fully saturated rings. The Kier molecular flexibility index (Phi) is 9.68. The molecule has 4 heterocycles. The highest BCUT2D eigenvalue weighted by atomic mass is 32.1. The van der Waals surface area contributed by atoms with Crippen LogP contribution in [-0.2, 0) is 0 Å². The summed E-state index contributed by atoms with van der Waals surface area (Å²) in [6.07, 6.45) is 0. The van der Waals surface area contributed by atoms with Crippen molar-refractivity contribution >= 4 is 104 Å². The number of hydrogen-bond donors (Lipinski definition) is 0. The molecule has 0 radical (unpaired) electrons. The van der Waals surface area contributed by atoms with Crippen LogP contribution in [0.25, 0.3) is 120 Å². The number of hydrogen-bond acceptors (Lipinski definition) is 4. The average Bonchev–Trinajstić information content (AvgIpc) is 4.17. The summed E-state index contributed by atoms with van der Waals surface area (Å²) in [6, 6.07) is 93.9. The van der Waals surface area contributed by atoms with E-state index in [1.165, 1.54) is 38.1 Å². The third-order valence-electron chi connectivity index (χ3n) is 14.7. The summed E-state index contributed by atoms with van der Waals surface area (Å²) < 4.78 is 5.79. The Bertz CT molecular complexity index is 4600. The lowest BCUT2D eigenvalue weighted by molar-refractivity contribution is 1.02. The Morgan fingerprint density at radius 2 is 0.959 bits per heavy atom. The van der Waals surface area contributed by atoms with Crippen LogP contribution in [0.2, 0.25) is 0 Å². The maximum absolute atomic E-state index is 5.68. The lowest BCUT2D eigenvalue weighted by Crippen LogP contribution is -2.09. The predicted molar refractivity (Wildman–Crippen MR) is 312 cm³/mol. The van der Waals surface area contributed by atoms with Crippen LogP contribution in [0.1, 0.15) is 0 Å². The number of benzene rings is 11. The van der Waals surface area contributed by atoms with Crippen molar-refractivity contribution in [1.82, 2.24) is 19.1 Å². The quantitative estimate of drug-likeness (QED) is 0.152. The lowest BCUT2D eigenvalue weighted by atomic mass is 9.95. The fourth-order valence-corrected chi connectivity index (χ4v) is 12.5. The summed E-state index contributed by atoms with van der Waals surface area (Å²) in [7, 11) is 0. The molecule has 11 aromatic carbocycles. The Balaban J connectivity index is 0.966. The van der Waals surface area contributed by atoms with E-state index in [2.05, 4.69) is 275 Å². The molecule has 0 aliphatic rings. The highest BCUT2D eigenvalue weighted by molar-refractivity contribution is 7.22. The largest absolute Gasteiger partial charge is 0.311 e. The van der Waals surface area contributed by atoms with E-state index in [0.717, 1.165) is 92.8 Å². The van der Waals surface area contributed by atoms with Crippen LogP contribution in [0, 0.1) is 0 Å². The molecular formula is C68H43N5S. The fraction of sp³-hybridized carbons (Fsp3) is 0. The van der Waals surface area contributed by atoms with E-state index in [0.29, 0.717) is 5.95 Å². The van der Waals surface area contributed by atoms with E-state index in [1.807, 2.05) is 0 Å². The topological polar surface area (TPSA) is 38.9 Å². The van der Waals surface area contributed by atoms with Crippen LogP contribution in [0.3, 0.4) is 0 Å². The third kappa shape index (κ3) is 6.69. The van der Waals surface area contributed by atoms with Crippen LogP contribution in [0.15, 0.2) is 261 Å². The van der Waals surface area contributed by atoms with Gasteiger partial charge in [-0.05, 0) is 112 Å². The van der Waals surface area contributed by atoms with E-state index in [9.17, 15) is 0 Å². The van der Waals surface area contributed by atoms with Crippen molar-refractivity contribution in [2.75, 3.05) is 4.90 Å². The standard InChI is InChI=1S/C68H43N5S/c1-5-20-46(21-6-1)62-43-58-67(74-62)65(47-32-37-52(38-33-47)71(49-22-7-2-8-23-49)50-24-9-3-10-25-50)70-68(69-58)73-59-40-36-48(42-57(59)56-39-34-45-19-14-16-29-55(45)66(56)73)54-30-17-31-60-64(54)63-53-28-15-13-18-44(53)35-41-61(63)72(60)51-26-11-4-12-27-51/h1-43H. The Morgan fingerprint density at radius 1 is 0.365 bits per heavy atom. The predicted octanol–water partition coefficient (Wildman–Crippen LogP) is 18.7. The van der Waals surface area contributed by atoms with Gasteiger partial charge < -0.3 is 9.47 Å². The van der Waals surface area contributed by atoms with Crippen molar-refractivity contribution < 1.29 is 0 Å². The number of fused-ring (bicyclic) bond motifs is 11. The molecule has 15 rings (SSSR count). The molecule has 6 heteroatoms. The van der Waals surface area contributed by atoms with Crippen LogP contribution >= 0.6 is 11.3 Å². The van der Waals surface area contributed by atoms with Gasteiger partial charge in [-0.3, -0.25) is 4.57 Å². The first kappa shape index (κ1) is 42.1. The number of para-hydroxylation sites is 3. The highest BCUT2D eigenvalue weighted by Crippen LogP contribution is 2.46. The summed E-state index contributed by atoms with van der Waals surface area (Å²) in [5.41, 5.74) is 15.2. The molecule has 0 N–H and O–H groups in total. The van der Waals surface area contributed by atoms with Crippen molar-refractivity contribution in [3.63, 3.8) is 0 Å². The van der Waals surface area contributed by atoms with E-state index < -0.39 is 0 Å². The van der Waals surface area contributed by atoms with Gasteiger partial charge >= 0.3 is 0 Å². The van der Waals surface area contributed by atoms with Crippen LogP contribution < -0.4 is 4.90 Å². The van der Waals surface area contributed by atoms with Gasteiger partial charge in [0, 0.05) is 60.1 Å². The first-order chi connectivity index (χ1) is 36.7. The molecule has 0 atom stereocenters. The second kappa shape index (κ2) is 17.0. The van der Waals surface area contributed by atoms with Gasteiger partial charge in [0.15, 0.2) is 0 Å². The van der Waals surface area contributed by atoms with E-state index in [-0.39, 0.29) is 0 Å². The average molecular weight is 962 g/mol. The van der Waals surface area contributed by atoms with Crippen LogP contribution in [-0.4, -0.2) is 19.1 Å². The summed E-state index contributed by atoms with van der Waals surface area (Å²) in [5.74, 6) is 0.632.